The molecule has 24 heavy (non-hydrogen) atoms. The van der Waals surface area contributed by atoms with Gasteiger partial charge in [0, 0.05) is 12.1 Å². The Morgan fingerprint density at radius 2 is 1.42 bits per heavy atom. The zero-order valence-electron chi connectivity index (χ0n) is 15.6. The molecule has 0 aromatic heterocycles. The molecule has 0 aromatic rings. The number of hydrogen-bond donors (Lipinski definition) is 1. The summed E-state index contributed by atoms with van der Waals surface area (Å²) in [6.45, 7) is 8.98. The zero-order valence-corrected chi connectivity index (χ0v) is 16.4. The number of amides is 1. The maximum Gasteiger partial charge on any atom is 0.286 e. The van der Waals surface area contributed by atoms with Crippen molar-refractivity contribution >= 4 is 16.0 Å². The molecule has 0 rings (SSSR count). The third kappa shape index (κ3) is 10.1. The molecule has 1 N–H and O–H groups in total. The lowest BCUT2D eigenvalue weighted by molar-refractivity contribution is -0.127. The Bertz CT molecular complexity index is 473. The summed E-state index contributed by atoms with van der Waals surface area (Å²) in [5, 5.41) is -1.24. The van der Waals surface area contributed by atoms with Crippen LogP contribution in [-0.4, -0.2) is 35.7 Å². The summed E-state index contributed by atoms with van der Waals surface area (Å²) < 4.78 is 31.8. The third-order valence-electron chi connectivity index (χ3n) is 4.25. The van der Waals surface area contributed by atoms with E-state index in [0.717, 1.165) is 19.3 Å². The molecule has 6 heteroatoms. The molecular weight excluding hydrogens is 326 g/mol. The highest BCUT2D eigenvalue weighted by Gasteiger charge is 2.28. The highest BCUT2D eigenvalue weighted by molar-refractivity contribution is 7.86. The first-order valence-corrected chi connectivity index (χ1v) is 10.6. The molecule has 1 unspecified atom stereocenters. The standard InChI is InChI=1S/C18H35NO4S/c1-5-6-7-8-9-10-11-12-13-14-15-19(18(20)16(2)3)17(4)24(21,22)23/h17H,2,5-15H2,1,3-4H3,(H,21,22,23). The van der Waals surface area contributed by atoms with E-state index >= 15 is 0 Å². The number of carbonyl (C=O) groups excluding carboxylic acids is 1. The molecule has 0 aliphatic carbocycles. The highest BCUT2D eigenvalue weighted by atomic mass is 32.2. The van der Waals surface area contributed by atoms with Crippen LogP contribution >= 0.6 is 0 Å². The van der Waals surface area contributed by atoms with Gasteiger partial charge in [0.2, 0.25) is 5.91 Å². The third-order valence-corrected chi connectivity index (χ3v) is 5.37. The van der Waals surface area contributed by atoms with Gasteiger partial charge in [0.1, 0.15) is 0 Å². The summed E-state index contributed by atoms with van der Waals surface area (Å²) in [4.78, 5) is 13.3. The quantitative estimate of drug-likeness (QED) is 0.280. The monoisotopic (exact) mass is 361 g/mol. The van der Waals surface area contributed by atoms with Crippen molar-refractivity contribution < 1.29 is 17.8 Å². The molecule has 0 bridgehead atoms. The van der Waals surface area contributed by atoms with E-state index in [0.29, 0.717) is 6.54 Å². The molecule has 142 valence electrons. The minimum atomic E-state index is -4.28. The predicted molar refractivity (Wildman–Crippen MR) is 99.4 cm³/mol. The van der Waals surface area contributed by atoms with E-state index in [1.807, 2.05) is 0 Å². The summed E-state index contributed by atoms with van der Waals surface area (Å²) in [6.07, 6.45) is 11.7. The van der Waals surface area contributed by atoms with Crippen LogP contribution in [0.1, 0.15) is 85.0 Å². The van der Waals surface area contributed by atoms with Crippen LogP contribution in [0.4, 0.5) is 0 Å². The predicted octanol–water partition coefficient (Wildman–Crippen LogP) is 4.55. The van der Waals surface area contributed by atoms with Crippen LogP contribution in [0.25, 0.3) is 0 Å². The minimum absolute atomic E-state index is 0.276. The fraction of sp³-hybridized carbons (Fsp3) is 0.833. The molecule has 0 saturated carbocycles. The van der Waals surface area contributed by atoms with Crippen molar-refractivity contribution in [3.63, 3.8) is 0 Å². The fourth-order valence-electron chi connectivity index (χ4n) is 2.62. The molecule has 0 radical (unpaired) electrons. The van der Waals surface area contributed by atoms with Crippen molar-refractivity contribution in [2.75, 3.05) is 6.54 Å². The number of unbranched alkanes of at least 4 members (excludes halogenated alkanes) is 9. The summed E-state index contributed by atoms with van der Waals surface area (Å²) >= 11 is 0. The first-order valence-electron chi connectivity index (χ1n) is 9.14. The summed E-state index contributed by atoms with van der Waals surface area (Å²) in [6, 6.07) is 0. The van der Waals surface area contributed by atoms with Gasteiger partial charge in [-0.25, -0.2) is 0 Å². The number of nitrogens with zero attached hydrogens (tertiary/aromatic N) is 1. The van der Waals surface area contributed by atoms with Gasteiger partial charge < -0.3 is 4.90 Å². The SMILES string of the molecule is C=C(C)C(=O)N(CCCCCCCCCCCC)C(C)S(=O)(=O)O. The van der Waals surface area contributed by atoms with Crippen molar-refractivity contribution in [2.45, 2.75) is 90.4 Å². The summed E-state index contributed by atoms with van der Waals surface area (Å²) in [5.74, 6) is -0.420. The topological polar surface area (TPSA) is 74.7 Å². The lowest BCUT2D eigenvalue weighted by Crippen LogP contribution is -2.43. The highest BCUT2D eigenvalue weighted by Crippen LogP contribution is 2.14. The van der Waals surface area contributed by atoms with Gasteiger partial charge in [-0.15, -0.1) is 0 Å². The van der Waals surface area contributed by atoms with Crippen LogP contribution in [0.2, 0.25) is 0 Å². The smallest absolute Gasteiger partial charge is 0.286 e. The molecule has 5 nitrogen and oxygen atoms in total. The molecule has 0 saturated heterocycles. The molecule has 0 heterocycles. The van der Waals surface area contributed by atoms with Crippen LogP contribution in [0.15, 0.2) is 12.2 Å². The molecule has 0 fully saturated rings. The number of hydrogen-bond acceptors (Lipinski definition) is 3. The van der Waals surface area contributed by atoms with E-state index in [4.69, 9.17) is 0 Å². The average Bonchev–Trinajstić information content (AvgIpc) is 2.50. The lowest BCUT2D eigenvalue weighted by atomic mass is 10.1. The number of carbonyl (C=O) groups is 1. The van der Waals surface area contributed by atoms with Gasteiger partial charge in [-0.3, -0.25) is 9.35 Å². The summed E-state index contributed by atoms with van der Waals surface area (Å²) in [7, 11) is -4.28. The van der Waals surface area contributed by atoms with Crippen LogP contribution in [-0.2, 0) is 14.9 Å². The Balaban J connectivity index is 4.08. The van der Waals surface area contributed by atoms with Crippen LogP contribution < -0.4 is 0 Å². The Morgan fingerprint density at radius 1 is 1.00 bits per heavy atom. The molecule has 1 atom stereocenters. The second kappa shape index (κ2) is 12.5. The van der Waals surface area contributed by atoms with Crippen molar-refractivity contribution in [1.82, 2.24) is 4.90 Å². The van der Waals surface area contributed by atoms with Crippen LogP contribution in [0.3, 0.4) is 0 Å². The summed E-state index contributed by atoms with van der Waals surface area (Å²) in [5.41, 5.74) is 0.276. The van der Waals surface area contributed by atoms with Gasteiger partial charge in [0.15, 0.2) is 5.37 Å². The Morgan fingerprint density at radius 3 is 1.79 bits per heavy atom. The number of rotatable bonds is 14. The van der Waals surface area contributed by atoms with Crippen LogP contribution in [0.5, 0.6) is 0 Å². The normalized spacial score (nSPS) is 12.8. The van der Waals surface area contributed by atoms with Gasteiger partial charge in [-0.05, 0) is 20.3 Å². The van der Waals surface area contributed by atoms with E-state index < -0.39 is 21.4 Å². The van der Waals surface area contributed by atoms with Gasteiger partial charge in [0.25, 0.3) is 10.1 Å². The van der Waals surface area contributed by atoms with Crippen molar-refractivity contribution in [1.29, 1.82) is 0 Å². The Kier molecular flexibility index (Phi) is 12.0. The Labute approximate surface area is 148 Å². The molecule has 0 aliphatic heterocycles. The van der Waals surface area contributed by atoms with E-state index in [9.17, 15) is 17.8 Å². The van der Waals surface area contributed by atoms with Gasteiger partial charge in [0.05, 0.1) is 0 Å². The largest absolute Gasteiger partial charge is 0.320 e. The molecule has 1 amide bonds. The minimum Gasteiger partial charge on any atom is -0.320 e. The lowest BCUT2D eigenvalue weighted by Gasteiger charge is -2.27. The van der Waals surface area contributed by atoms with Gasteiger partial charge in [-0.1, -0.05) is 71.3 Å². The van der Waals surface area contributed by atoms with E-state index in [-0.39, 0.29) is 5.57 Å². The first kappa shape index (κ1) is 23.1. The van der Waals surface area contributed by atoms with Crippen molar-refractivity contribution in [3.8, 4) is 0 Å². The maximum atomic E-state index is 12.1. The molecular formula is C18H35NO4S. The second-order valence-corrected chi connectivity index (χ2v) is 8.29. The Hall–Kier alpha value is -0.880. The van der Waals surface area contributed by atoms with E-state index in [1.54, 1.807) is 6.92 Å². The first-order chi connectivity index (χ1) is 11.2. The molecule has 0 aliphatic rings. The molecule has 0 spiro atoms. The van der Waals surface area contributed by atoms with Crippen molar-refractivity contribution in [3.05, 3.63) is 12.2 Å². The maximum absolute atomic E-state index is 12.1. The second-order valence-electron chi connectivity index (χ2n) is 6.58. The van der Waals surface area contributed by atoms with Crippen LogP contribution in [0, 0.1) is 0 Å². The van der Waals surface area contributed by atoms with E-state index in [2.05, 4.69) is 13.5 Å². The van der Waals surface area contributed by atoms with Crippen molar-refractivity contribution in [2.24, 2.45) is 0 Å². The average molecular weight is 362 g/mol. The molecule has 0 aromatic carbocycles. The van der Waals surface area contributed by atoms with Gasteiger partial charge >= 0.3 is 0 Å². The van der Waals surface area contributed by atoms with E-state index in [1.165, 1.54) is 56.8 Å². The zero-order chi connectivity index (χ0) is 18.6. The fourth-order valence-corrected chi connectivity index (χ4v) is 3.15. The van der Waals surface area contributed by atoms with Gasteiger partial charge in [-0.2, -0.15) is 8.42 Å².